The number of benzene rings is 4. The van der Waals surface area contributed by atoms with Crippen molar-refractivity contribution in [3.8, 4) is 0 Å². The number of aromatic nitrogens is 3. The maximum Gasteiger partial charge on any atom is 0.316 e. The van der Waals surface area contributed by atoms with Crippen LogP contribution in [0.15, 0.2) is 91.6 Å². The van der Waals surface area contributed by atoms with Crippen LogP contribution in [0.5, 0.6) is 0 Å². The van der Waals surface area contributed by atoms with Crippen LogP contribution in [0.25, 0.3) is 10.8 Å². The molecule has 53 heavy (non-hydrogen) atoms. The highest BCUT2D eigenvalue weighted by atomic mass is 35.5. The third-order valence-corrected chi connectivity index (χ3v) is 9.42. The Morgan fingerprint density at radius 1 is 0.698 bits per heavy atom. The van der Waals surface area contributed by atoms with Crippen LogP contribution in [-0.4, -0.2) is 65.8 Å². The summed E-state index contributed by atoms with van der Waals surface area (Å²) >= 11 is 6.10. The van der Waals surface area contributed by atoms with Gasteiger partial charge >= 0.3 is 6.03 Å². The fourth-order valence-electron chi connectivity index (χ4n) is 4.61. The molecule has 0 bridgehead atoms. The van der Waals surface area contributed by atoms with E-state index in [0.717, 1.165) is 6.07 Å². The van der Waals surface area contributed by atoms with Crippen molar-refractivity contribution in [2.75, 3.05) is 21.3 Å². The van der Waals surface area contributed by atoms with E-state index in [1.54, 1.807) is 24.3 Å². The van der Waals surface area contributed by atoms with E-state index in [1.807, 2.05) is 0 Å². The molecule has 3 amide bonds. The average Bonchev–Trinajstić information content (AvgIpc) is 3.01. The van der Waals surface area contributed by atoms with Crippen molar-refractivity contribution in [3.63, 3.8) is 0 Å². The molecule has 0 aliphatic heterocycles. The largest absolute Gasteiger partial charge is 0.351 e. The zero-order valence-corrected chi connectivity index (χ0v) is 29.6. The second-order valence-corrected chi connectivity index (χ2v) is 15.1. The van der Waals surface area contributed by atoms with E-state index in [4.69, 9.17) is 17.3 Å². The average molecular weight is 807 g/mol. The maximum atomic E-state index is 12.3. The summed E-state index contributed by atoms with van der Waals surface area (Å²) in [6.45, 7) is 1.35. The second-order valence-electron chi connectivity index (χ2n) is 10.6. The molecule has 0 saturated heterocycles. The van der Waals surface area contributed by atoms with Gasteiger partial charge in [-0.15, -0.1) is 10.2 Å². The number of hydrogen-bond donors (Lipinski definition) is 8. The van der Waals surface area contributed by atoms with Crippen molar-refractivity contribution < 1.29 is 48.5 Å². The van der Waals surface area contributed by atoms with Crippen LogP contribution >= 0.6 is 11.6 Å². The number of fused-ring (bicyclic) bond motifs is 1. The Morgan fingerprint density at radius 3 is 1.89 bits per heavy atom. The van der Waals surface area contributed by atoms with Crippen LogP contribution in [0, 0.1) is 0 Å². The lowest BCUT2D eigenvalue weighted by Gasteiger charge is -2.12. The van der Waals surface area contributed by atoms with Gasteiger partial charge in [-0.3, -0.25) is 18.5 Å². The first kappa shape index (κ1) is 38.3. The summed E-state index contributed by atoms with van der Waals surface area (Å²) in [4.78, 5) is 32.5. The van der Waals surface area contributed by atoms with E-state index in [0.29, 0.717) is 29.6 Å². The lowest BCUT2D eigenvalue weighted by atomic mass is 10.1. The molecular weight excluding hydrogens is 784 g/mol. The summed E-state index contributed by atoms with van der Waals surface area (Å²) in [5.41, 5.74) is 5.55. The first-order chi connectivity index (χ1) is 24.7. The van der Waals surface area contributed by atoms with Gasteiger partial charge in [0.15, 0.2) is 0 Å². The molecule has 0 atom stereocenters. The molecule has 0 fully saturated rings. The topological polar surface area (TPSA) is 335 Å². The number of azo groups is 1. The summed E-state index contributed by atoms with van der Waals surface area (Å²) < 4.78 is 101. The molecule has 5 aromatic rings. The zero-order valence-electron chi connectivity index (χ0n) is 26.4. The molecule has 1 heterocycles. The normalized spacial score (nSPS) is 12.1. The number of carbonyl (C=O) groups excluding carboxylic acids is 2. The van der Waals surface area contributed by atoms with Crippen LogP contribution in [0.4, 0.5) is 50.8 Å². The quantitative estimate of drug-likeness (QED) is 0.0658. The maximum absolute atomic E-state index is 12.3. The van der Waals surface area contributed by atoms with Gasteiger partial charge in [0.1, 0.15) is 21.2 Å². The Morgan fingerprint density at radius 2 is 1.30 bits per heavy atom. The van der Waals surface area contributed by atoms with Gasteiger partial charge in [0, 0.05) is 29.4 Å². The van der Waals surface area contributed by atoms with Crippen molar-refractivity contribution in [3.05, 3.63) is 72.0 Å². The highest BCUT2D eigenvalue weighted by molar-refractivity contribution is 7.87. The second kappa shape index (κ2) is 14.6. The Balaban J connectivity index is 1.52. The Labute approximate surface area is 304 Å². The van der Waals surface area contributed by atoms with Gasteiger partial charge in [0.2, 0.25) is 23.1 Å². The first-order valence-electron chi connectivity index (χ1n) is 14.2. The number of nitrogens with one attached hydrogen (secondary N) is 4. The molecule has 9 N–H and O–H groups in total. The van der Waals surface area contributed by atoms with E-state index in [1.165, 1.54) is 25.1 Å². The molecule has 0 aliphatic carbocycles. The third-order valence-electron chi connectivity index (χ3n) is 6.64. The van der Waals surface area contributed by atoms with Gasteiger partial charge in [0.25, 0.3) is 30.4 Å². The molecule has 0 spiro atoms. The van der Waals surface area contributed by atoms with Crippen molar-refractivity contribution >= 4 is 111 Å². The predicted octanol–water partition coefficient (Wildman–Crippen LogP) is 4.77. The first-order valence-corrected chi connectivity index (χ1v) is 18.9. The molecule has 5 rings (SSSR count). The van der Waals surface area contributed by atoms with Crippen LogP contribution in [0.1, 0.15) is 6.92 Å². The van der Waals surface area contributed by atoms with E-state index >= 15 is 0 Å². The zero-order chi connectivity index (χ0) is 38.9. The minimum Gasteiger partial charge on any atom is -0.351 e. The molecule has 0 unspecified atom stereocenters. The number of urea groups is 1. The number of hydrogen-bond acceptors (Lipinski definition) is 15. The van der Waals surface area contributed by atoms with E-state index in [-0.39, 0.29) is 40.1 Å². The Kier molecular flexibility index (Phi) is 10.6. The van der Waals surface area contributed by atoms with E-state index in [2.05, 4.69) is 46.4 Å². The molecule has 4 aromatic carbocycles. The number of rotatable bonds is 11. The number of carbonyl (C=O) groups is 2. The van der Waals surface area contributed by atoms with Crippen LogP contribution in [0.2, 0.25) is 5.28 Å². The predicted molar refractivity (Wildman–Crippen MR) is 189 cm³/mol. The molecule has 276 valence electrons. The lowest BCUT2D eigenvalue weighted by Crippen LogP contribution is -2.19. The van der Waals surface area contributed by atoms with E-state index < -0.39 is 67.5 Å². The number of halogens is 1. The minimum atomic E-state index is -5.19. The molecule has 0 radical (unpaired) electrons. The SMILES string of the molecule is CC(=O)Nc1cccc(Nc2nc(Cl)nc(Nc3ccc(N=Nc4cc5c(S(=O)(=O)O)cc(S(=O)(=O)O)cc5cc4S(=O)(=O)O)c(NC(N)=O)c3)n2)c1. The molecule has 21 nitrogen and oxygen atoms in total. The summed E-state index contributed by atoms with van der Waals surface area (Å²) in [5.74, 6) is -0.352. The van der Waals surface area contributed by atoms with Gasteiger partial charge in [-0.2, -0.15) is 40.2 Å². The van der Waals surface area contributed by atoms with Crippen molar-refractivity contribution in [2.45, 2.75) is 21.6 Å². The van der Waals surface area contributed by atoms with Crippen LogP contribution < -0.4 is 27.0 Å². The number of anilines is 6. The fourth-order valence-corrected chi connectivity index (χ4v) is 6.75. The molecule has 0 saturated carbocycles. The number of primary amides is 1. The number of amides is 3. The lowest BCUT2D eigenvalue weighted by molar-refractivity contribution is -0.114. The smallest absolute Gasteiger partial charge is 0.316 e. The van der Waals surface area contributed by atoms with Gasteiger partial charge in [-0.25, -0.2) is 4.79 Å². The minimum absolute atomic E-state index is 0.00442. The summed E-state index contributed by atoms with van der Waals surface area (Å²) in [7, 11) is -15.4. The summed E-state index contributed by atoms with van der Waals surface area (Å²) in [6.07, 6.45) is 0. The monoisotopic (exact) mass is 806 g/mol. The standard InChI is InChI=1S/C28H23ClN10O11S3/c1-13(40)31-15-3-2-4-16(9-15)32-27-35-25(29)36-28(37-27)33-17-5-6-20(21(10-17)34-26(30)41)38-39-22-12-19-14(8-24(22)53(48,49)50)7-18(51(42,43)44)11-23(19)52(45,46)47/h2-12H,1H3,(H,31,40)(H3,30,34,41)(H,42,43,44)(H,45,46,47)(H,48,49,50)(H2,32,33,35,36,37). The molecule has 25 heteroatoms. The number of nitrogens with zero attached hydrogens (tertiary/aromatic N) is 5. The van der Waals surface area contributed by atoms with Crippen molar-refractivity contribution in [2.24, 2.45) is 16.0 Å². The Hall–Kier alpha value is -5.89. The summed E-state index contributed by atoms with van der Waals surface area (Å²) in [5, 5.41) is 17.3. The molecule has 1 aromatic heterocycles. The van der Waals surface area contributed by atoms with Gasteiger partial charge < -0.3 is 27.0 Å². The van der Waals surface area contributed by atoms with E-state index in [9.17, 15) is 48.5 Å². The summed E-state index contributed by atoms with van der Waals surface area (Å²) in [6, 6.07) is 12.0. The highest BCUT2D eigenvalue weighted by Crippen LogP contribution is 2.37. The fraction of sp³-hybridized carbons (Fsp3) is 0.0357. The Bertz CT molecular complexity index is 2700. The van der Waals surface area contributed by atoms with Crippen LogP contribution in [-0.2, 0) is 35.1 Å². The highest BCUT2D eigenvalue weighted by Gasteiger charge is 2.25. The number of nitrogens with two attached hydrogens (primary N) is 1. The molecule has 0 aliphatic rings. The molecular formula is C28H23ClN10O11S3. The van der Waals surface area contributed by atoms with Crippen LogP contribution in [0.3, 0.4) is 0 Å². The van der Waals surface area contributed by atoms with Gasteiger partial charge in [-0.05, 0) is 77.7 Å². The third kappa shape index (κ3) is 9.71. The van der Waals surface area contributed by atoms with Crippen molar-refractivity contribution in [1.29, 1.82) is 0 Å². The van der Waals surface area contributed by atoms with Gasteiger partial charge in [-0.1, -0.05) is 6.07 Å². The van der Waals surface area contributed by atoms with Crippen molar-refractivity contribution in [1.82, 2.24) is 15.0 Å². The van der Waals surface area contributed by atoms with Gasteiger partial charge in [0.05, 0.1) is 10.6 Å².